The molecule has 20 heavy (non-hydrogen) atoms. The molecule has 1 aliphatic rings. The minimum atomic E-state index is -0.563. The highest BCUT2D eigenvalue weighted by molar-refractivity contribution is 5.95. The number of carbonyl (C=O) groups excluding carboxylic acids is 1. The largest absolute Gasteiger partial charge is 0.494 e. The SMILES string of the molecule is COc1cccc(C(=O)N2CCC(CC(C)C)C2)c1F. The van der Waals surface area contributed by atoms with Gasteiger partial charge in [0.15, 0.2) is 11.6 Å². The highest BCUT2D eigenvalue weighted by atomic mass is 19.1. The van der Waals surface area contributed by atoms with Crippen molar-refractivity contribution < 1.29 is 13.9 Å². The van der Waals surface area contributed by atoms with Crippen LogP contribution in [0.1, 0.15) is 37.0 Å². The molecule has 1 atom stereocenters. The van der Waals surface area contributed by atoms with E-state index in [0.29, 0.717) is 18.4 Å². The first-order chi connectivity index (χ1) is 9.52. The van der Waals surface area contributed by atoms with Gasteiger partial charge in [0.1, 0.15) is 0 Å². The molecule has 0 spiro atoms. The number of hydrogen-bond acceptors (Lipinski definition) is 2. The Morgan fingerprint density at radius 1 is 1.50 bits per heavy atom. The molecule has 110 valence electrons. The van der Waals surface area contributed by atoms with E-state index in [0.717, 1.165) is 19.4 Å². The number of benzene rings is 1. The van der Waals surface area contributed by atoms with Crippen molar-refractivity contribution in [1.82, 2.24) is 4.90 Å². The Balaban J connectivity index is 2.09. The normalized spacial score (nSPS) is 18.6. The Kier molecular flexibility index (Phi) is 4.63. The second kappa shape index (κ2) is 6.25. The lowest BCUT2D eigenvalue weighted by Gasteiger charge is -2.18. The van der Waals surface area contributed by atoms with Crippen molar-refractivity contribution in [3.8, 4) is 5.75 Å². The summed E-state index contributed by atoms with van der Waals surface area (Å²) in [7, 11) is 1.40. The fourth-order valence-electron chi connectivity index (χ4n) is 2.88. The quantitative estimate of drug-likeness (QED) is 0.846. The van der Waals surface area contributed by atoms with E-state index >= 15 is 0 Å². The predicted octanol–water partition coefficient (Wildman–Crippen LogP) is 3.34. The molecule has 2 rings (SSSR count). The van der Waals surface area contributed by atoms with E-state index in [1.165, 1.54) is 19.2 Å². The number of halogens is 1. The summed E-state index contributed by atoms with van der Waals surface area (Å²) < 4.78 is 19.0. The monoisotopic (exact) mass is 279 g/mol. The zero-order valence-corrected chi connectivity index (χ0v) is 12.4. The topological polar surface area (TPSA) is 29.5 Å². The number of amides is 1. The molecule has 1 unspecified atom stereocenters. The van der Waals surface area contributed by atoms with Gasteiger partial charge < -0.3 is 9.64 Å². The fraction of sp³-hybridized carbons (Fsp3) is 0.562. The summed E-state index contributed by atoms with van der Waals surface area (Å²) in [5, 5.41) is 0. The van der Waals surface area contributed by atoms with Crippen molar-refractivity contribution in [3.05, 3.63) is 29.6 Å². The molecule has 0 aromatic heterocycles. The average Bonchev–Trinajstić information content (AvgIpc) is 2.86. The Hall–Kier alpha value is -1.58. The molecule has 0 bridgehead atoms. The van der Waals surface area contributed by atoms with E-state index in [2.05, 4.69) is 13.8 Å². The standard InChI is InChI=1S/C16H22FNO2/c1-11(2)9-12-7-8-18(10-12)16(19)13-5-4-6-14(20-3)15(13)17/h4-6,11-12H,7-10H2,1-3H3. The van der Waals surface area contributed by atoms with Crippen molar-refractivity contribution in [2.24, 2.45) is 11.8 Å². The van der Waals surface area contributed by atoms with E-state index in [1.807, 2.05) is 0 Å². The molecule has 0 N–H and O–H groups in total. The Morgan fingerprint density at radius 3 is 2.90 bits per heavy atom. The number of nitrogens with zero attached hydrogens (tertiary/aromatic N) is 1. The van der Waals surface area contributed by atoms with Gasteiger partial charge in [-0.2, -0.15) is 0 Å². The maximum absolute atomic E-state index is 14.1. The summed E-state index contributed by atoms with van der Waals surface area (Å²) in [6, 6.07) is 4.70. The van der Waals surface area contributed by atoms with Crippen LogP contribution in [0.5, 0.6) is 5.75 Å². The van der Waals surface area contributed by atoms with E-state index in [4.69, 9.17) is 4.74 Å². The van der Waals surface area contributed by atoms with Gasteiger partial charge >= 0.3 is 0 Å². The van der Waals surface area contributed by atoms with Crippen LogP contribution in [-0.4, -0.2) is 31.0 Å². The smallest absolute Gasteiger partial charge is 0.256 e. The minimum Gasteiger partial charge on any atom is -0.494 e. The van der Waals surface area contributed by atoms with Gasteiger partial charge in [-0.15, -0.1) is 0 Å². The van der Waals surface area contributed by atoms with Crippen LogP contribution in [0.15, 0.2) is 18.2 Å². The zero-order valence-electron chi connectivity index (χ0n) is 12.4. The van der Waals surface area contributed by atoms with Crippen LogP contribution in [0.3, 0.4) is 0 Å². The maximum Gasteiger partial charge on any atom is 0.256 e. The molecule has 1 heterocycles. The molecule has 1 saturated heterocycles. The maximum atomic E-state index is 14.1. The summed E-state index contributed by atoms with van der Waals surface area (Å²) in [5.74, 6) is 0.491. The summed E-state index contributed by atoms with van der Waals surface area (Å²) >= 11 is 0. The molecule has 1 fully saturated rings. The zero-order chi connectivity index (χ0) is 14.7. The van der Waals surface area contributed by atoms with Gasteiger partial charge in [0.25, 0.3) is 5.91 Å². The summed E-state index contributed by atoms with van der Waals surface area (Å²) in [6.45, 7) is 5.82. The fourth-order valence-corrected chi connectivity index (χ4v) is 2.88. The van der Waals surface area contributed by atoms with Crippen LogP contribution < -0.4 is 4.74 Å². The molecule has 1 aliphatic heterocycles. The van der Waals surface area contributed by atoms with Gasteiger partial charge in [-0.1, -0.05) is 19.9 Å². The highest BCUT2D eigenvalue weighted by Crippen LogP contribution is 2.27. The Labute approximate surface area is 119 Å². The van der Waals surface area contributed by atoms with Gasteiger partial charge in [0, 0.05) is 13.1 Å². The van der Waals surface area contributed by atoms with E-state index in [1.54, 1.807) is 11.0 Å². The Bertz CT molecular complexity index is 487. The summed E-state index contributed by atoms with van der Waals surface area (Å²) in [4.78, 5) is 14.2. The molecular weight excluding hydrogens is 257 g/mol. The molecule has 0 saturated carbocycles. The average molecular weight is 279 g/mol. The molecule has 0 aliphatic carbocycles. The third-order valence-electron chi connectivity index (χ3n) is 3.79. The van der Waals surface area contributed by atoms with Crippen molar-refractivity contribution in [3.63, 3.8) is 0 Å². The van der Waals surface area contributed by atoms with Crippen LogP contribution >= 0.6 is 0 Å². The van der Waals surface area contributed by atoms with Crippen LogP contribution in [-0.2, 0) is 0 Å². The van der Waals surface area contributed by atoms with Gasteiger partial charge in [-0.05, 0) is 36.8 Å². The first kappa shape index (κ1) is 14.8. The molecule has 3 nitrogen and oxygen atoms in total. The lowest BCUT2D eigenvalue weighted by molar-refractivity contribution is 0.0780. The van der Waals surface area contributed by atoms with E-state index in [-0.39, 0.29) is 17.2 Å². The molecular formula is C16H22FNO2. The van der Waals surface area contributed by atoms with E-state index < -0.39 is 5.82 Å². The minimum absolute atomic E-state index is 0.106. The van der Waals surface area contributed by atoms with Gasteiger partial charge in [-0.25, -0.2) is 4.39 Å². The number of likely N-dealkylation sites (tertiary alicyclic amines) is 1. The number of hydrogen-bond donors (Lipinski definition) is 0. The van der Waals surface area contributed by atoms with Gasteiger partial charge in [0.05, 0.1) is 12.7 Å². The third-order valence-corrected chi connectivity index (χ3v) is 3.79. The van der Waals surface area contributed by atoms with Crippen LogP contribution in [0, 0.1) is 17.7 Å². The predicted molar refractivity (Wildman–Crippen MR) is 76.4 cm³/mol. The molecule has 1 amide bonds. The second-order valence-electron chi connectivity index (χ2n) is 5.86. The first-order valence-electron chi connectivity index (χ1n) is 7.14. The van der Waals surface area contributed by atoms with Crippen LogP contribution in [0.4, 0.5) is 4.39 Å². The third kappa shape index (κ3) is 3.11. The summed E-state index contributed by atoms with van der Waals surface area (Å²) in [6.07, 6.45) is 2.12. The number of carbonyl (C=O) groups is 1. The van der Waals surface area contributed by atoms with Gasteiger partial charge in [0.2, 0.25) is 0 Å². The van der Waals surface area contributed by atoms with E-state index in [9.17, 15) is 9.18 Å². The first-order valence-corrected chi connectivity index (χ1v) is 7.14. The molecule has 1 aromatic carbocycles. The van der Waals surface area contributed by atoms with Crippen molar-refractivity contribution >= 4 is 5.91 Å². The number of methoxy groups -OCH3 is 1. The number of ether oxygens (including phenoxy) is 1. The second-order valence-corrected chi connectivity index (χ2v) is 5.86. The Morgan fingerprint density at radius 2 is 2.25 bits per heavy atom. The highest BCUT2D eigenvalue weighted by Gasteiger charge is 2.29. The van der Waals surface area contributed by atoms with Crippen molar-refractivity contribution in [2.75, 3.05) is 20.2 Å². The molecule has 1 aromatic rings. The van der Waals surface area contributed by atoms with Crippen LogP contribution in [0.2, 0.25) is 0 Å². The molecule has 4 heteroatoms. The lowest BCUT2D eigenvalue weighted by Crippen LogP contribution is -2.29. The number of rotatable bonds is 4. The molecule has 0 radical (unpaired) electrons. The summed E-state index contributed by atoms with van der Waals surface area (Å²) in [5.41, 5.74) is 0.106. The van der Waals surface area contributed by atoms with Crippen LogP contribution in [0.25, 0.3) is 0 Å². The van der Waals surface area contributed by atoms with Crippen molar-refractivity contribution in [2.45, 2.75) is 26.7 Å². The van der Waals surface area contributed by atoms with Crippen molar-refractivity contribution in [1.29, 1.82) is 0 Å². The lowest BCUT2D eigenvalue weighted by atomic mass is 9.97. The van der Waals surface area contributed by atoms with Gasteiger partial charge in [-0.3, -0.25) is 4.79 Å².